The first-order chi connectivity index (χ1) is 41.2. The number of halogens is 2. The third-order valence-electron chi connectivity index (χ3n) is 19.6. The van der Waals surface area contributed by atoms with E-state index in [0.717, 1.165) is 113 Å². The fourth-order valence-corrected chi connectivity index (χ4v) is 16.0. The van der Waals surface area contributed by atoms with Crippen LogP contribution in [0.25, 0.3) is 11.0 Å². The number of carbonyl (C=O) groups excluding carboxylic acids is 1. The number of nitro benzene ring substituents is 1. The van der Waals surface area contributed by atoms with Crippen LogP contribution in [0.3, 0.4) is 0 Å². The Morgan fingerprint density at radius 3 is 2.46 bits per heavy atom. The number of pyridine rings is 1. The molecule has 0 bridgehead atoms. The van der Waals surface area contributed by atoms with Gasteiger partial charge in [-0.3, -0.25) is 24.7 Å². The van der Waals surface area contributed by atoms with Crippen molar-refractivity contribution in [3.63, 3.8) is 0 Å². The number of H-pyrrole nitrogens is 1. The van der Waals surface area contributed by atoms with E-state index in [-0.39, 0.29) is 77.7 Å². The van der Waals surface area contributed by atoms with Crippen LogP contribution >= 0.6 is 0 Å². The molecule has 14 rings (SSSR count). The van der Waals surface area contributed by atoms with Gasteiger partial charge in [0.15, 0.2) is 23.1 Å². The second kappa shape index (κ2) is 22.3. The Bertz CT molecular complexity index is 3660. The molecule has 4 aromatic carbocycles. The highest BCUT2D eigenvalue weighted by molar-refractivity contribution is 7.90. The van der Waals surface area contributed by atoms with E-state index in [1.165, 1.54) is 23.8 Å². The molecule has 448 valence electrons. The minimum absolute atomic E-state index is 0.00368. The lowest BCUT2D eigenvalue weighted by Crippen LogP contribution is -2.62. The smallest absolute Gasteiger partial charge is 0.297 e. The largest absolute Gasteiger partial charge is 0.491 e. The molecule has 22 heteroatoms. The predicted molar refractivity (Wildman–Crippen MR) is 315 cm³/mol. The van der Waals surface area contributed by atoms with Crippen LogP contribution in [-0.2, 0) is 19.5 Å². The summed E-state index contributed by atoms with van der Waals surface area (Å²) in [5.74, 6) is -1.00. The van der Waals surface area contributed by atoms with Gasteiger partial charge in [0, 0.05) is 99.6 Å². The van der Waals surface area contributed by atoms with Gasteiger partial charge in [-0.25, -0.2) is 21.9 Å². The van der Waals surface area contributed by atoms with Gasteiger partial charge in [-0.2, -0.15) is 4.98 Å². The molecule has 6 fully saturated rings. The second-order valence-electron chi connectivity index (χ2n) is 24.8. The van der Waals surface area contributed by atoms with E-state index in [9.17, 15) is 32.1 Å². The van der Waals surface area contributed by atoms with Crippen molar-refractivity contribution >= 4 is 55.4 Å². The summed E-state index contributed by atoms with van der Waals surface area (Å²) < 4.78 is 90.4. The van der Waals surface area contributed by atoms with E-state index in [4.69, 9.17) is 28.7 Å². The number of sulfonamides is 1. The maximum atomic E-state index is 15.0. The fourth-order valence-electron chi connectivity index (χ4n) is 15.0. The summed E-state index contributed by atoms with van der Waals surface area (Å²) >= 11 is 0. The molecule has 8 heterocycles. The average molecular weight is 1180 g/mol. The second-order valence-corrected chi connectivity index (χ2v) is 26.5. The topological polar surface area (TPSA) is 206 Å². The molecule has 2 aromatic heterocycles. The van der Waals surface area contributed by atoms with Crippen molar-refractivity contribution in [1.82, 2.24) is 24.5 Å². The van der Waals surface area contributed by atoms with Crippen LogP contribution in [0.2, 0.25) is 0 Å². The Hall–Kier alpha value is -7.11. The third kappa shape index (κ3) is 10.5. The number of carbonyl (C=O) groups is 1. The Balaban J connectivity index is 0.732. The van der Waals surface area contributed by atoms with Crippen LogP contribution in [0.15, 0.2) is 96.0 Å². The summed E-state index contributed by atoms with van der Waals surface area (Å²) in [6, 6.07) is 24.5. The molecule has 6 atom stereocenters. The number of aromatic amines is 1. The van der Waals surface area contributed by atoms with Crippen LogP contribution in [0, 0.1) is 33.1 Å². The molecule has 19 nitrogen and oxygen atoms in total. The van der Waals surface area contributed by atoms with Gasteiger partial charge < -0.3 is 43.8 Å². The lowest BCUT2D eigenvalue weighted by Gasteiger charge is -2.59. The van der Waals surface area contributed by atoms with Gasteiger partial charge in [-0.1, -0.05) is 24.3 Å². The number of ether oxygens (including phenoxy) is 5. The molecule has 2 aliphatic carbocycles. The minimum atomic E-state index is -4.74. The molecule has 2 saturated carbocycles. The molecule has 85 heavy (non-hydrogen) atoms. The van der Waals surface area contributed by atoms with Crippen molar-refractivity contribution in [2.45, 2.75) is 125 Å². The maximum Gasteiger partial charge on any atom is 0.297 e. The number of fused-ring (bicyclic) bond motifs is 4. The molecule has 1 amide bonds. The van der Waals surface area contributed by atoms with Crippen molar-refractivity contribution < 1.29 is 50.6 Å². The highest BCUT2D eigenvalue weighted by atomic mass is 32.2. The van der Waals surface area contributed by atoms with E-state index in [1.54, 1.807) is 18.3 Å². The molecule has 0 radical (unpaired) electrons. The summed E-state index contributed by atoms with van der Waals surface area (Å²) in [7, 11) is -4.74. The first kappa shape index (κ1) is 55.7. The molecule has 0 unspecified atom stereocenters. The van der Waals surface area contributed by atoms with Crippen LogP contribution in [-0.4, -0.2) is 141 Å². The van der Waals surface area contributed by atoms with Crippen LogP contribution in [0.4, 0.5) is 37.2 Å². The number of aromatic nitrogens is 2. The first-order valence-corrected chi connectivity index (χ1v) is 31.6. The number of anilines is 4. The number of nitrogens with one attached hydrogen (secondary N) is 3. The lowest BCUT2D eigenvalue weighted by atomic mass is 9.59. The average Bonchev–Trinajstić information content (AvgIpc) is 2.04. The Morgan fingerprint density at radius 1 is 0.871 bits per heavy atom. The predicted octanol–water partition coefficient (Wildman–Crippen LogP) is 10.00. The molecular weight excluding hydrogens is 1110 g/mol. The first-order valence-electron chi connectivity index (χ1n) is 30.1. The van der Waals surface area contributed by atoms with Crippen LogP contribution < -0.4 is 34.0 Å². The van der Waals surface area contributed by atoms with Gasteiger partial charge in [-0.15, -0.1) is 0 Å². The molecule has 6 aliphatic heterocycles. The van der Waals surface area contributed by atoms with Gasteiger partial charge in [0.05, 0.1) is 51.9 Å². The van der Waals surface area contributed by atoms with Crippen LogP contribution in [0.1, 0.15) is 105 Å². The summed E-state index contributed by atoms with van der Waals surface area (Å²) in [6.07, 6.45) is 9.32. The maximum absolute atomic E-state index is 15.0. The normalized spacial score (nSPS) is 25.4. The third-order valence-corrected chi connectivity index (χ3v) is 20.9. The Kier molecular flexibility index (Phi) is 14.6. The highest BCUT2D eigenvalue weighted by Crippen LogP contribution is 2.55. The Morgan fingerprint density at radius 2 is 1.68 bits per heavy atom. The molecule has 1 spiro atoms. The summed E-state index contributed by atoms with van der Waals surface area (Å²) in [6.45, 7) is 10.2. The van der Waals surface area contributed by atoms with Gasteiger partial charge >= 0.3 is 0 Å². The fraction of sp³-hybridized carbons (Fsp3) is 0.492. The SMILES string of the molecule is CC(C)Oc1ccccc1[C@@H]1CN([C@@H]2CC[C@@H]2c2ccc(F)c(F)c2)CCN1C1CC2(CCN(c3ccc(C(=O)NS(=O)(=O)c4cc5c(c([N+](=O)[O-])c4)N[C@H](C4CCOCC4)CO5)c(N4c5cc6cc[nH]c6nc5O[C@H]5COCC[C@@H]54)c3)CC2)C1. The van der Waals surface area contributed by atoms with Crippen LogP contribution in [0.5, 0.6) is 17.4 Å². The molecule has 6 aromatic rings. The summed E-state index contributed by atoms with van der Waals surface area (Å²) in [5, 5.41) is 16.7. The molecule has 4 saturated heterocycles. The number of para-hydroxylation sites is 1. The number of benzene rings is 4. The summed E-state index contributed by atoms with van der Waals surface area (Å²) in [5.41, 5.74) is 4.42. The zero-order chi connectivity index (χ0) is 58.3. The van der Waals surface area contributed by atoms with Gasteiger partial charge in [0.1, 0.15) is 29.8 Å². The standard InChI is InChI=1S/C63H71F2N9O10S/c1-37(2)83-56-6-4-3-5-45(56)55-34-71(50-12-10-44(50)39-7-11-47(64)48(65)27-39)22-23-72(55)42-32-63(33-42)17-20-70(21-18-63)41-8-9-46(52(29-41)73-51-16-26-81-36-58(51)84-62-54(73)28-40-13-19-66-60(40)68-62)61(75)69-85(78,79)43-30-53(74(76)77)59-57(31-43)82-35-49(67-59)38-14-24-80-25-15-38/h3-9,11,13,19,27-31,37-38,42,44,49-51,55,58,67H,10,12,14-18,20-26,32-36H2,1-2H3,(H,66,68)(H,69,75)/t44-,49+,50-,51+,55+,58+/m1/s1. The number of piperazine rings is 1. The number of nitro groups is 1. The van der Waals surface area contributed by atoms with Gasteiger partial charge in [-0.05, 0) is 143 Å². The minimum Gasteiger partial charge on any atom is -0.491 e. The van der Waals surface area contributed by atoms with E-state index in [2.05, 4.69) is 66.7 Å². The van der Waals surface area contributed by atoms with E-state index < -0.39 is 49.2 Å². The van der Waals surface area contributed by atoms with Gasteiger partial charge in [0.25, 0.3) is 21.6 Å². The Labute approximate surface area is 492 Å². The zero-order valence-corrected chi connectivity index (χ0v) is 48.5. The lowest BCUT2D eigenvalue weighted by molar-refractivity contribution is -0.384. The van der Waals surface area contributed by atoms with Crippen molar-refractivity contribution in [2.24, 2.45) is 11.3 Å². The molecular formula is C63H71F2N9O10S. The number of hydrogen-bond donors (Lipinski definition) is 3. The van der Waals surface area contributed by atoms with Crippen molar-refractivity contribution in [2.75, 3.05) is 80.9 Å². The number of hydrogen-bond acceptors (Lipinski definition) is 16. The highest BCUT2D eigenvalue weighted by Gasteiger charge is 2.52. The summed E-state index contributed by atoms with van der Waals surface area (Å²) in [4.78, 5) is 44.2. The van der Waals surface area contributed by atoms with Crippen molar-refractivity contribution in [3.8, 4) is 17.4 Å². The van der Waals surface area contributed by atoms with Crippen molar-refractivity contribution in [1.29, 1.82) is 0 Å². The monoisotopic (exact) mass is 1180 g/mol. The number of rotatable bonds is 13. The number of nitrogens with zero attached hydrogens (tertiary/aromatic N) is 6. The quantitative estimate of drug-likeness (QED) is 0.0727. The van der Waals surface area contributed by atoms with E-state index in [1.807, 2.05) is 30.3 Å². The number of amides is 1. The zero-order valence-electron chi connectivity index (χ0n) is 47.7. The molecule has 8 aliphatic rings. The van der Waals surface area contributed by atoms with Gasteiger partial charge in [0.2, 0.25) is 5.88 Å². The van der Waals surface area contributed by atoms with E-state index in [0.29, 0.717) is 55.2 Å². The molecule has 3 N–H and O–H groups in total. The van der Waals surface area contributed by atoms with Crippen molar-refractivity contribution in [3.05, 3.63) is 130 Å². The van der Waals surface area contributed by atoms with E-state index >= 15 is 0 Å². The number of piperidine rings is 1.